The van der Waals surface area contributed by atoms with Crippen molar-refractivity contribution >= 4 is 27.3 Å². The van der Waals surface area contributed by atoms with Crippen molar-refractivity contribution in [3.63, 3.8) is 0 Å². The molecule has 1 aromatic rings. The number of hydrazone groups is 1. The molecular weight excluding hydrogens is 275 g/mol. The standard InChI is InChI=1S/C10H6BrFN4/c1-6-2-10(8(11)3-9(6)12)16-15-7(4-13)5-14/h2-3,16H,1H3. The highest BCUT2D eigenvalue weighted by atomic mass is 79.9. The lowest BCUT2D eigenvalue weighted by atomic mass is 10.2. The molecule has 0 spiro atoms. The van der Waals surface area contributed by atoms with E-state index in [1.165, 1.54) is 12.1 Å². The smallest absolute Gasteiger partial charge is 0.237 e. The SMILES string of the molecule is Cc1cc(NN=C(C#N)C#N)c(Br)cc1F. The van der Waals surface area contributed by atoms with E-state index >= 15 is 0 Å². The maximum Gasteiger partial charge on any atom is 0.237 e. The third kappa shape index (κ3) is 2.78. The number of anilines is 1. The zero-order valence-corrected chi connectivity index (χ0v) is 9.84. The molecule has 0 radical (unpaired) electrons. The van der Waals surface area contributed by atoms with Gasteiger partial charge in [-0.25, -0.2) is 4.39 Å². The summed E-state index contributed by atoms with van der Waals surface area (Å²) in [5.41, 5.74) is 3.14. The first-order chi connectivity index (χ1) is 7.58. The minimum absolute atomic E-state index is 0.297. The van der Waals surface area contributed by atoms with Crippen LogP contribution in [-0.4, -0.2) is 5.71 Å². The van der Waals surface area contributed by atoms with Crippen LogP contribution in [0.2, 0.25) is 0 Å². The van der Waals surface area contributed by atoms with E-state index < -0.39 is 0 Å². The second-order valence-corrected chi connectivity index (χ2v) is 3.73. The van der Waals surface area contributed by atoms with Gasteiger partial charge in [0.1, 0.15) is 18.0 Å². The molecule has 0 atom stereocenters. The number of nitrogens with zero attached hydrogens (tertiary/aromatic N) is 3. The van der Waals surface area contributed by atoms with Gasteiger partial charge in [-0.2, -0.15) is 15.6 Å². The van der Waals surface area contributed by atoms with E-state index in [4.69, 9.17) is 10.5 Å². The Balaban J connectivity index is 3.01. The topological polar surface area (TPSA) is 72.0 Å². The first-order valence-corrected chi connectivity index (χ1v) is 4.97. The average molecular weight is 281 g/mol. The van der Waals surface area contributed by atoms with Gasteiger partial charge in [0, 0.05) is 4.47 Å². The fraction of sp³-hybridized carbons (Fsp3) is 0.100. The molecule has 0 amide bonds. The normalized spacial score (nSPS) is 8.81. The Bertz CT molecular complexity index is 509. The summed E-state index contributed by atoms with van der Waals surface area (Å²) in [6.07, 6.45) is 0. The molecule has 16 heavy (non-hydrogen) atoms. The van der Waals surface area contributed by atoms with Crippen LogP contribution >= 0.6 is 15.9 Å². The van der Waals surface area contributed by atoms with E-state index in [1.807, 2.05) is 0 Å². The van der Waals surface area contributed by atoms with E-state index in [-0.39, 0.29) is 11.5 Å². The predicted molar refractivity (Wildman–Crippen MR) is 61.1 cm³/mol. The molecule has 6 heteroatoms. The van der Waals surface area contributed by atoms with E-state index in [2.05, 4.69) is 26.5 Å². The molecule has 1 rings (SSSR count). The molecule has 0 saturated heterocycles. The molecule has 0 aliphatic carbocycles. The van der Waals surface area contributed by atoms with Crippen LogP contribution in [0.25, 0.3) is 0 Å². The number of hydrogen-bond acceptors (Lipinski definition) is 4. The Morgan fingerprint density at radius 3 is 2.62 bits per heavy atom. The van der Waals surface area contributed by atoms with Gasteiger partial charge < -0.3 is 0 Å². The largest absolute Gasteiger partial charge is 0.275 e. The molecule has 0 aliphatic rings. The minimum atomic E-state index is -0.345. The van der Waals surface area contributed by atoms with E-state index in [0.717, 1.165) is 0 Å². The summed E-state index contributed by atoms with van der Waals surface area (Å²) >= 11 is 3.14. The van der Waals surface area contributed by atoms with Gasteiger partial charge >= 0.3 is 0 Å². The van der Waals surface area contributed by atoms with Crippen LogP contribution in [0.4, 0.5) is 10.1 Å². The van der Waals surface area contributed by atoms with Crippen LogP contribution in [-0.2, 0) is 0 Å². The van der Waals surface area contributed by atoms with Gasteiger partial charge in [-0.3, -0.25) is 5.43 Å². The summed E-state index contributed by atoms with van der Waals surface area (Å²) in [6.45, 7) is 1.60. The molecule has 4 nitrogen and oxygen atoms in total. The van der Waals surface area contributed by atoms with Crippen molar-refractivity contribution in [3.05, 3.63) is 28.0 Å². The Labute approximate surface area is 100 Å². The van der Waals surface area contributed by atoms with E-state index in [0.29, 0.717) is 15.7 Å². The van der Waals surface area contributed by atoms with Crippen LogP contribution in [0.1, 0.15) is 5.56 Å². The maximum atomic E-state index is 13.1. The lowest BCUT2D eigenvalue weighted by Crippen LogP contribution is -1.98. The molecule has 0 heterocycles. The van der Waals surface area contributed by atoms with Gasteiger partial charge in [0.15, 0.2) is 0 Å². The molecule has 80 valence electrons. The Hall–Kier alpha value is -1.92. The van der Waals surface area contributed by atoms with Crippen molar-refractivity contribution in [2.45, 2.75) is 6.92 Å². The summed E-state index contributed by atoms with van der Waals surface area (Å²) in [5, 5.41) is 20.5. The first-order valence-electron chi connectivity index (χ1n) is 4.18. The van der Waals surface area contributed by atoms with Crippen molar-refractivity contribution in [1.29, 1.82) is 10.5 Å². The quantitative estimate of drug-likeness (QED) is 0.669. The van der Waals surface area contributed by atoms with E-state index in [9.17, 15) is 4.39 Å². The van der Waals surface area contributed by atoms with Gasteiger partial charge in [-0.1, -0.05) is 0 Å². The minimum Gasteiger partial charge on any atom is -0.275 e. The summed E-state index contributed by atoms with van der Waals surface area (Å²) in [4.78, 5) is 0. The lowest BCUT2D eigenvalue weighted by Gasteiger charge is -2.05. The number of hydrogen-bond donors (Lipinski definition) is 1. The second kappa shape index (κ2) is 5.24. The van der Waals surface area contributed by atoms with Gasteiger partial charge in [-0.15, -0.1) is 0 Å². The third-order valence-corrected chi connectivity index (χ3v) is 2.40. The molecule has 0 aromatic heterocycles. The summed E-state index contributed by atoms with van der Waals surface area (Å²) in [7, 11) is 0. The summed E-state index contributed by atoms with van der Waals surface area (Å²) in [5.74, 6) is -0.345. The van der Waals surface area contributed by atoms with Gasteiger partial charge in [-0.05, 0) is 40.5 Å². The summed E-state index contributed by atoms with van der Waals surface area (Å²) in [6, 6.07) is 6.02. The first kappa shape index (κ1) is 12.2. The maximum absolute atomic E-state index is 13.1. The number of nitriles is 2. The number of aryl methyl sites for hydroxylation is 1. The molecule has 0 bridgehead atoms. The zero-order chi connectivity index (χ0) is 12.1. The molecule has 1 N–H and O–H groups in total. The highest BCUT2D eigenvalue weighted by molar-refractivity contribution is 9.10. The highest BCUT2D eigenvalue weighted by Crippen LogP contribution is 2.25. The molecule has 0 aliphatic heterocycles. The van der Waals surface area contributed by atoms with Crippen molar-refractivity contribution in [2.24, 2.45) is 5.10 Å². The second-order valence-electron chi connectivity index (χ2n) is 2.88. The van der Waals surface area contributed by atoms with Crippen molar-refractivity contribution < 1.29 is 4.39 Å². The third-order valence-electron chi connectivity index (χ3n) is 1.75. The monoisotopic (exact) mass is 280 g/mol. The Morgan fingerprint density at radius 2 is 2.06 bits per heavy atom. The molecule has 0 saturated carbocycles. The number of rotatable bonds is 2. The zero-order valence-electron chi connectivity index (χ0n) is 8.25. The fourth-order valence-electron chi connectivity index (χ4n) is 0.934. The number of nitrogens with one attached hydrogen (secondary N) is 1. The highest BCUT2D eigenvalue weighted by Gasteiger charge is 2.04. The fourth-order valence-corrected chi connectivity index (χ4v) is 1.34. The van der Waals surface area contributed by atoms with E-state index in [1.54, 1.807) is 19.1 Å². The molecule has 0 fully saturated rings. The van der Waals surface area contributed by atoms with Crippen LogP contribution in [0.5, 0.6) is 0 Å². The van der Waals surface area contributed by atoms with Crippen LogP contribution in [0, 0.1) is 35.4 Å². The van der Waals surface area contributed by atoms with Gasteiger partial charge in [0.2, 0.25) is 5.71 Å². The van der Waals surface area contributed by atoms with Crippen LogP contribution in [0.3, 0.4) is 0 Å². The van der Waals surface area contributed by atoms with Crippen molar-refractivity contribution in [3.8, 4) is 12.1 Å². The Morgan fingerprint density at radius 1 is 1.44 bits per heavy atom. The van der Waals surface area contributed by atoms with Gasteiger partial charge in [0.25, 0.3) is 0 Å². The summed E-state index contributed by atoms with van der Waals surface area (Å²) < 4.78 is 13.6. The van der Waals surface area contributed by atoms with Crippen LogP contribution in [0.15, 0.2) is 21.7 Å². The van der Waals surface area contributed by atoms with Crippen LogP contribution < -0.4 is 5.43 Å². The lowest BCUT2D eigenvalue weighted by molar-refractivity contribution is 0.618. The average Bonchev–Trinajstić information content (AvgIpc) is 2.26. The van der Waals surface area contributed by atoms with Crippen molar-refractivity contribution in [2.75, 3.05) is 5.43 Å². The molecule has 0 unspecified atom stereocenters. The van der Waals surface area contributed by atoms with Gasteiger partial charge in [0.05, 0.1) is 5.69 Å². The molecular formula is C10H6BrFN4. The predicted octanol–water partition coefficient (Wildman–Crippen LogP) is 2.71. The molecule has 1 aromatic carbocycles. The van der Waals surface area contributed by atoms with Crippen molar-refractivity contribution in [1.82, 2.24) is 0 Å². The number of benzene rings is 1. The number of halogens is 2. The Kier molecular flexibility index (Phi) is 3.98.